The summed E-state index contributed by atoms with van der Waals surface area (Å²) in [6.45, 7) is 7.91. The van der Waals surface area contributed by atoms with Gasteiger partial charge in [-0.15, -0.1) is 0 Å². The second-order valence-electron chi connectivity index (χ2n) is 10.4. The zero-order valence-electron chi connectivity index (χ0n) is 22.1. The standard InChI is InChI=1S/C28H32N10O/c1-36-8-10-38(11-9-36)24-4-5-30-27-26(24)32-28(33-27)25-21-15-22(31-18-23(21)34-35-25)19-14-20(17-29-16-19)39-13-12-37-6-2-3-7-37/h4-5,14-18H,2-3,6-13H2,1H3,(H,34,35)(H,30,32,33). The van der Waals surface area contributed by atoms with Crippen LogP contribution in [0.25, 0.3) is 44.8 Å². The Morgan fingerprint density at radius 3 is 2.72 bits per heavy atom. The molecule has 5 aromatic rings. The number of imidazole rings is 1. The number of anilines is 1. The minimum atomic E-state index is 0.652. The van der Waals surface area contributed by atoms with Gasteiger partial charge in [0, 0.05) is 56.1 Å². The van der Waals surface area contributed by atoms with Crippen molar-refractivity contribution in [2.45, 2.75) is 12.8 Å². The minimum absolute atomic E-state index is 0.652. The van der Waals surface area contributed by atoms with E-state index >= 15 is 0 Å². The van der Waals surface area contributed by atoms with Crippen LogP contribution in [0.15, 0.2) is 43.0 Å². The van der Waals surface area contributed by atoms with Crippen molar-refractivity contribution >= 4 is 27.8 Å². The van der Waals surface area contributed by atoms with Crippen molar-refractivity contribution in [1.82, 2.24) is 44.9 Å². The highest BCUT2D eigenvalue weighted by atomic mass is 16.5. The van der Waals surface area contributed by atoms with Gasteiger partial charge in [0.15, 0.2) is 11.5 Å². The van der Waals surface area contributed by atoms with Gasteiger partial charge in [0.05, 0.1) is 29.3 Å². The minimum Gasteiger partial charge on any atom is -0.491 e. The summed E-state index contributed by atoms with van der Waals surface area (Å²) in [5, 5.41) is 8.63. The lowest BCUT2D eigenvalue weighted by Crippen LogP contribution is -2.44. The van der Waals surface area contributed by atoms with Gasteiger partial charge in [-0.1, -0.05) is 0 Å². The molecule has 7 rings (SSSR count). The van der Waals surface area contributed by atoms with Crippen LogP contribution in [-0.2, 0) is 0 Å². The molecule has 11 nitrogen and oxygen atoms in total. The molecule has 0 spiro atoms. The monoisotopic (exact) mass is 524 g/mol. The molecule has 200 valence electrons. The predicted octanol–water partition coefficient (Wildman–Crippen LogP) is 3.18. The van der Waals surface area contributed by atoms with Gasteiger partial charge >= 0.3 is 0 Å². The summed E-state index contributed by atoms with van der Waals surface area (Å²) >= 11 is 0. The highest BCUT2D eigenvalue weighted by molar-refractivity contribution is 5.95. The van der Waals surface area contributed by atoms with Crippen molar-refractivity contribution in [1.29, 1.82) is 0 Å². The number of aromatic nitrogens is 7. The molecule has 2 aliphatic rings. The molecule has 2 N–H and O–H groups in total. The highest BCUT2D eigenvalue weighted by Gasteiger charge is 2.21. The summed E-state index contributed by atoms with van der Waals surface area (Å²) in [6.07, 6.45) is 9.78. The van der Waals surface area contributed by atoms with Gasteiger partial charge in [0.2, 0.25) is 0 Å². The highest BCUT2D eigenvalue weighted by Crippen LogP contribution is 2.32. The first-order chi connectivity index (χ1) is 19.2. The Balaban J connectivity index is 1.17. The van der Waals surface area contributed by atoms with Crippen molar-refractivity contribution in [2.24, 2.45) is 0 Å². The van der Waals surface area contributed by atoms with E-state index in [0.717, 1.165) is 96.3 Å². The molecule has 5 aromatic heterocycles. The first-order valence-electron chi connectivity index (χ1n) is 13.6. The average Bonchev–Trinajstić information content (AvgIpc) is 3.73. The van der Waals surface area contributed by atoms with Gasteiger partial charge in [-0.25, -0.2) is 9.97 Å². The van der Waals surface area contributed by atoms with E-state index in [1.165, 1.54) is 12.8 Å². The number of hydrogen-bond acceptors (Lipinski definition) is 9. The maximum atomic E-state index is 6.02. The Kier molecular flexibility index (Phi) is 6.29. The van der Waals surface area contributed by atoms with Crippen molar-refractivity contribution in [2.75, 3.05) is 64.4 Å². The SMILES string of the molecule is CN1CCN(c2ccnc3[nH]c(-c4n[nH]c5cnc(-c6cncc(OCCN7CCCC7)c6)cc45)nc23)CC1. The largest absolute Gasteiger partial charge is 0.491 e. The molecule has 0 unspecified atom stereocenters. The summed E-state index contributed by atoms with van der Waals surface area (Å²) in [5.74, 6) is 1.43. The van der Waals surface area contributed by atoms with Gasteiger partial charge in [0.25, 0.3) is 0 Å². The number of fused-ring (bicyclic) bond motifs is 2. The van der Waals surface area contributed by atoms with Crippen LogP contribution in [-0.4, -0.2) is 104 Å². The quantitative estimate of drug-likeness (QED) is 0.331. The van der Waals surface area contributed by atoms with Crippen LogP contribution in [0, 0.1) is 0 Å². The maximum Gasteiger partial charge on any atom is 0.161 e. The molecule has 0 aliphatic carbocycles. The number of H-pyrrole nitrogens is 2. The van der Waals surface area contributed by atoms with E-state index in [-0.39, 0.29) is 0 Å². The maximum absolute atomic E-state index is 6.02. The summed E-state index contributed by atoms with van der Waals surface area (Å²) in [6, 6.07) is 6.08. The molecular formula is C28H32N10O. The number of ether oxygens (including phenoxy) is 1. The zero-order chi connectivity index (χ0) is 26.2. The van der Waals surface area contributed by atoms with E-state index in [9.17, 15) is 0 Å². The van der Waals surface area contributed by atoms with Crippen LogP contribution in [0.1, 0.15) is 12.8 Å². The molecule has 0 saturated carbocycles. The lowest BCUT2D eigenvalue weighted by molar-refractivity contribution is 0.237. The first kappa shape index (κ1) is 24.0. The second-order valence-corrected chi connectivity index (χ2v) is 10.4. The third-order valence-electron chi connectivity index (χ3n) is 7.76. The van der Waals surface area contributed by atoms with Crippen LogP contribution in [0.3, 0.4) is 0 Å². The van der Waals surface area contributed by atoms with E-state index < -0.39 is 0 Å². The fourth-order valence-corrected chi connectivity index (χ4v) is 5.50. The Morgan fingerprint density at radius 2 is 1.85 bits per heavy atom. The number of likely N-dealkylation sites (tertiary alicyclic amines) is 1. The first-order valence-corrected chi connectivity index (χ1v) is 13.6. The molecule has 0 amide bonds. The fraction of sp³-hybridized carbons (Fsp3) is 0.393. The van der Waals surface area contributed by atoms with E-state index in [1.54, 1.807) is 12.4 Å². The molecule has 2 fully saturated rings. The van der Waals surface area contributed by atoms with Crippen molar-refractivity contribution in [3.63, 3.8) is 0 Å². The predicted molar refractivity (Wildman–Crippen MR) is 151 cm³/mol. The normalized spacial score (nSPS) is 17.0. The Hall–Kier alpha value is -4.09. The molecule has 7 heterocycles. The molecule has 2 aliphatic heterocycles. The lowest BCUT2D eigenvalue weighted by atomic mass is 10.1. The van der Waals surface area contributed by atoms with Crippen LogP contribution >= 0.6 is 0 Å². The topological polar surface area (TPSA) is 115 Å². The Bertz CT molecular complexity index is 1600. The van der Waals surface area contributed by atoms with Crippen molar-refractivity contribution < 1.29 is 4.74 Å². The molecule has 11 heteroatoms. The number of hydrogen-bond donors (Lipinski definition) is 2. The summed E-state index contributed by atoms with van der Waals surface area (Å²) in [5.41, 5.74) is 6.00. The van der Waals surface area contributed by atoms with Gasteiger partial charge < -0.3 is 19.5 Å². The average molecular weight is 525 g/mol. The van der Waals surface area contributed by atoms with E-state index in [0.29, 0.717) is 12.4 Å². The molecule has 0 atom stereocenters. The fourth-order valence-electron chi connectivity index (χ4n) is 5.50. The molecule has 0 radical (unpaired) electrons. The lowest BCUT2D eigenvalue weighted by Gasteiger charge is -2.33. The third-order valence-corrected chi connectivity index (χ3v) is 7.76. The summed E-state index contributed by atoms with van der Waals surface area (Å²) in [4.78, 5) is 29.2. The van der Waals surface area contributed by atoms with Crippen LogP contribution in [0.2, 0.25) is 0 Å². The third kappa shape index (κ3) is 4.79. The van der Waals surface area contributed by atoms with Crippen LogP contribution < -0.4 is 9.64 Å². The summed E-state index contributed by atoms with van der Waals surface area (Å²) < 4.78 is 6.02. The Labute approximate surface area is 226 Å². The van der Waals surface area contributed by atoms with Gasteiger partial charge in [-0.2, -0.15) is 5.10 Å². The van der Waals surface area contributed by atoms with E-state index in [1.807, 2.05) is 24.5 Å². The molecule has 0 bridgehead atoms. The van der Waals surface area contributed by atoms with Gasteiger partial charge in [0.1, 0.15) is 23.6 Å². The molecule has 2 saturated heterocycles. The zero-order valence-corrected chi connectivity index (χ0v) is 22.1. The van der Waals surface area contributed by atoms with Crippen LogP contribution in [0.5, 0.6) is 5.75 Å². The number of aromatic amines is 2. The second kappa shape index (κ2) is 10.2. The number of nitrogens with one attached hydrogen (secondary N) is 2. The molecule has 39 heavy (non-hydrogen) atoms. The van der Waals surface area contributed by atoms with Crippen molar-refractivity contribution in [3.05, 3.63) is 43.0 Å². The number of likely N-dealkylation sites (N-methyl/N-ethyl adjacent to an activating group) is 1. The number of pyridine rings is 3. The van der Waals surface area contributed by atoms with Gasteiger partial charge in [-0.05, 0) is 51.2 Å². The molecule has 0 aromatic carbocycles. The summed E-state index contributed by atoms with van der Waals surface area (Å²) in [7, 11) is 2.16. The van der Waals surface area contributed by atoms with E-state index in [2.05, 4.69) is 57.9 Å². The molecular weight excluding hydrogens is 492 g/mol. The van der Waals surface area contributed by atoms with Crippen molar-refractivity contribution in [3.8, 4) is 28.5 Å². The van der Waals surface area contributed by atoms with Gasteiger partial charge in [-0.3, -0.25) is 20.0 Å². The van der Waals surface area contributed by atoms with E-state index in [4.69, 9.17) is 9.72 Å². The number of piperazine rings is 1. The Morgan fingerprint density at radius 1 is 0.974 bits per heavy atom. The number of nitrogens with zero attached hydrogens (tertiary/aromatic N) is 8. The number of rotatable bonds is 7. The van der Waals surface area contributed by atoms with Crippen LogP contribution in [0.4, 0.5) is 5.69 Å². The smallest absolute Gasteiger partial charge is 0.161 e.